The van der Waals surface area contributed by atoms with E-state index in [1.165, 1.54) is 18.7 Å². The molecule has 0 aliphatic heterocycles. The van der Waals surface area contributed by atoms with Crippen LogP contribution in [0.3, 0.4) is 0 Å². The van der Waals surface area contributed by atoms with Crippen molar-refractivity contribution in [3.63, 3.8) is 0 Å². The maximum atomic E-state index is 5.93. The third-order valence-corrected chi connectivity index (χ3v) is 3.57. The Labute approximate surface area is 93.6 Å². The molecule has 0 aromatic heterocycles. The van der Waals surface area contributed by atoms with Crippen molar-refractivity contribution in [1.29, 1.82) is 0 Å². The fraction of sp³-hybridized carbons (Fsp3) is 1.00. The van der Waals surface area contributed by atoms with Crippen LogP contribution in [-0.4, -0.2) is 42.1 Å². The third kappa shape index (κ3) is 7.65. The van der Waals surface area contributed by atoms with Crippen molar-refractivity contribution < 1.29 is 0 Å². The molecule has 14 heavy (non-hydrogen) atoms. The topological polar surface area (TPSA) is 29.3 Å². The van der Waals surface area contributed by atoms with Crippen LogP contribution in [0, 0.1) is 0 Å². The molecule has 0 rings (SSSR count). The van der Waals surface area contributed by atoms with Crippen molar-refractivity contribution in [2.24, 2.45) is 5.73 Å². The second-order valence-corrected chi connectivity index (χ2v) is 4.80. The van der Waals surface area contributed by atoms with Gasteiger partial charge < -0.3 is 10.6 Å². The van der Waals surface area contributed by atoms with Crippen molar-refractivity contribution >= 4 is 11.8 Å². The van der Waals surface area contributed by atoms with Crippen LogP contribution >= 0.6 is 11.8 Å². The van der Waals surface area contributed by atoms with Crippen molar-refractivity contribution in [1.82, 2.24) is 4.90 Å². The summed E-state index contributed by atoms with van der Waals surface area (Å²) in [4.78, 5) is 2.46. The van der Waals surface area contributed by atoms with E-state index in [0.29, 0.717) is 6.04 Å². The van der Waals surface area contributed by atoms with Gasteiger partial charge in [0.1, 0.15) is 0 Å². The Balaban J connectivity index is 3.27. The average molecular weight is 218 g/mol. The van der Waals surface area contributed by atoms with Crippen molar-refractivity contribution in [2.45, 2.75) is 39.7 Å². The molecule has 0 spiro atoms. The summed E-state index contributed by atoms with van der Waals surface area (Å²) in [6.45, 7) is 10.2. The number of nitrogens with zero attached hydrogens (tertiary/aromatic N) is 1. The van der Waals surface area contributed by atoms with Crippen LogP contribution in [0.15, 0.2) is 0 Å². The van der Waals surface area contributed by atoms with E-state index in [0.717, 1.165) is 25.3 Å². The number of thioether (sulfide) groups is 1. The molecule has 2 N–H and O–H groups in total. The van der Waals surface area contributed by atoms with E-state index in [-0.39, 0.29) is 0 Å². The minimum atomic E-state index is 0.404. The van der Waals surface area contributed by atoms with Gasteiger partial charge in [0, 0.05) is 24.1 Å². The number of hydrogen-bond acceptors (Lipinski definition) is 3. The summed E-state index contributed by atoms with van der Waals surface area (Å²) in [6.07, 6.45) is 2.37. The van der Waals surface area contributed by atoms with Crippen LogP contribution in [0.5, 0.6) is 0 Å². The fourth-order valence-electron chi connectivity index (χ4n) is 1.42. The molecule has 1 unspecified atom stereocenters. The number of nitrogens with two attached hydrogens (primary N) is 1. The van der Waals surface area contributed by atoms with E-state index in [9.17, 15) is 0 Å². The van der Waals surface area contributed by atoms with Gasteiger partial charge in [0.05, 0.1) is 0 Å². The van der Waals surface area contributed by atoms with Crippen LogP contribution in [0.25, 0.3) is 0 Å². The predicted octanol–water partition coefficient (Wildman–Crippen LogP) is 2.19. The lowest BCUT2D eigenvalue weighted by atomic mass is 10.2. The molecular formula is C11H26N2S. The van der Waals surface area contributed by atoms with Crippen molar-refractivity contribution in [3.05, 3.63) is 0 Å². The molecule has 86 valence electrons. The zero-order chi connectivity index (χ0) is 10.8. The molecule has 0 aliphatic carbocycles. The summed E-state index contributed by atoms with van der Waals surface area (Å²) in [6, 6.07) is 0.404. The van der Waals surface area contributed by atoms with Gasteiger partial charge in [0.25, 0.3) is 0 Å². The number of hydrogen-bond donors (Lipinski definition) is 1. The highest BCUT2D eigenvalue weighted by Crippen LogP contribution is 2.06. The molecular weight excluding hydrogens is 192 g/mol. The SMILES string of the molecule is CCCC(N)CSCCN(CC)CC. The Morgan fingerprint density at radius 3 is 2.36 bits per heavy atom. The van der Waals surface area contributed by atoms with Gasteiger partial charge in [-0.05, 0) is 19.5 Å². The molecule has 3 heteroatoms. The van der Waals surface area contributed by atoms with Crippen LogP contribution in [-0.2, 0) is 0 Å². The Kier molecular flexibility index (Phi) is 10.0. The van der Waals surface area contributed by atoms with E-state index < -0.39 is 0 Å². The van der Waals surface area contributed by atoms with Gasteiger partial charge in [0.2, 0.25) is 0 Å². The summed E-state index contributed by atoms with van der Waals surface area (Å²) in [5.74, 6) is 2.34. The molecule has 1 atom stereocenters. The first-order chi connectivity index (χ1) is 6.74. The highest BCUT2D eigenvalue weighted by Gasteiger charge is 2.02. The van der Waals surface area contributed by atoms with Crippen LogP contribution in [0.2, 0.25) is 0 Å². The maximum Gasteiger partial charge on any atom is 0.0130 e. The van der Waals surface area contributed by atoms with E-state index in [1.54, 1.807) is 0 Å². The Bertz CT molecular complexity index is 116. The van der Waals surface area contributed by atoms with Gasteiger partial charge in [0.15, 0.2) is 0 Å². The van der Waals surface area contributed by atoms with Crippen LogP contribution < -0.4 is 5.73 Å². The Morgan fingerprint density at radius 2 is 1.86 bits per heavy atom. The normalized spacial score (nSPS) is 13.5. The summed E-state index contributed by atoms with van der Waals surface area (Å²) in [5.41, 5.74) is 5.93. The molecule has 0 aliphatic rings. The van der Waals surface area contributed by atoms with Crippen LogP contribution in [0.1, 0.15) is 33.6 Å². The summed E-state index contributed by atoms with van der Waals surface area (Å²) >= 11 is 1.99. The zero-order valence-electron chi connectivity index (χ0n) is 9.96. The van der Waals surface area contributed by atoms with Gasteiger partial charge in [-0.15, -0.1) is 0 Å². The molecule has 2 nitrogen and oxygen atoms in total. The standard InChI is InChI=1S/C11H26N2S/c1-4-7-11(12)10-14-9-8-13(5-2)6-3/h11H,4-10,12H2,1-3H3. The second kappa shape index (κ2) is 9.81. The summed E-state index contributed by atoms with van der Waals surface area (Å²) in [7, 11) is 0. The fourth-order valence-corrected chi connectivity index (χ4v) is 2.45. The van der Waals surface area contributed by atoms with E-state index >= 15 is 0 Å². The van der Waals surface area contributed by atoms with Crippen LogP contribution in [0.4, 0.5) is 0 Å². The largest absolute Gasteiger partial charge is 0.327 e. The molecule has 0 bridgehead atoms. The first-order valence-electron chi connectivity index (χ1n) is 5.80. The molecule has 0 radical (unpaired) electrons. The Morgan fingerprint density at radius 1 is 1.21 bits per heavy atom. The highest BCUT2D eigenvalue weighted by molar-refractivity contribution is 7.99. The Hall–Kier alpha value is 0.270. The van der Waals surface area contributed by atoms with Gasteiger partial charge >= 0.3 is 0 Å². The van der Waals surface area contributed by atoms with E-state index in [2.05, 4.69) is 25.7 Å². The molecule has 0 aromatic rings. The van der Waals surface area contributed by atoms with Crippen molar-refractivity contribution in [2.75, 3.05) is 31.1 Å². The molecule has 0 amide bonds. The van der Waals surface area contributed by atoms with Gasteiger partial charge in [-0.2, -0.15) is 11.8 Å². The highest BCUT2D eigenvalue weighted by atomic mass is 32.2. The average Bonchev–Trinajstić information content (AvgIpc) is 2.19. The minimum Gasteiger partial charge on any atom is -0.327 e. The molecule has 0 heterocycles. The van der Waals surface area contributed by atoms with Gasteiger partial charge in [-0.25, -0.2) is 0 Å². The van der Waals surface area contributed by atoms with Crippen molar-refractivity contribution in [3.8, 4) is 0 Å². The lowest BCUT2D eigenvalue weighted by molar-refractivity contribution is 0.324. The molecule has 0 saturated heterocycles. The zero-order valence-corrected chi connectivity index (χ0v) is 10.8. The first-order valence-corrected chi connectivity index (χ1v) is 6.95. The molecule has 0 aromatic carbocycles. The lowest BCUT2D eigenvalue weighted by Crippen LogP contribution is -2.27. The minimum absolute atomic E-state index is 0.404. The monoisotopic (exact) mass is 218 g/mol. The predicted molar refractivity (Wildman–Crippen MR) is 68.0 cm³/mol. The lowest BCUT2D eigenvalue weighted by Gasteiger charge is -2.18. The maximum absolute atomic E-state index is 5.93. The smallest absolute Gasteiger partial charge is 0.0130 e. The quantitative estimate of drug-likeness (QED) is 0.602. The van der Waals surface area contributed by atoms with E-state index in [1.807, 2.05) is 11.8 Å². The first kappa shape index (κ1) is 14.3. The summed E-state index contributed by atoms with van der Waals surface area (Å²) < 4.78 is 0. The van der Waals surface area contributed by atoms with E-state index in [4.69, 9.17) is 5.73 Å². The molecule has 0 fully saturated rings. The summed E-state index contributed by atoms with van der Waals surface area (Å²) in [5, 5.41) is 0. The van der Waals surface area contributed by atoms with Gasteiger partial charge in [-0.3, -0.25) is 0 Å². The third-order valence-electron chi connectivity index (χ3n) is 2.44. The van der Waals surface area contributed by atoms with Gasteiger partial charge in [-0.1, -0.05) is 27.2 Å². The second-order valence-electron chi connectivity index (χ2n) is 3.65. The number of rotatable bonds is 9. The molecule has 0 saturated carbocycles.